The minimum absolute atomic E-state index is 0.00313. The van der Waals surface area contributed by atoms with Crippen molar-refractivity contribution in [3.05, 3.63) is 65.2 Å². The second kappa shape index (κ2) is 6.90. The molecule has 0 saturated heterocycles. The molecule has 0 bridgehead atoms. The van der Waals surface area contributed by atoms with Crippen molar-refractivity contribution in [3.8, 4) is 5.75 Å². The summed E-state index contributed by atoms with van der Waals surface area (Å²) in [6, 6.07) is 15.0. The summed E-state index contributed by atoms with van der Waals surface area (Å²) in [5.41, 5.74) is 8.51. The Hall–Kier alpha value is -2.33. The third kappa shape index (κ3) is 4.33. The van der Waals surface area contributed by atoms with Crippen LogP contribution in [0.1, 0.15) is 29.7 Å². The van der Waals surface area contributed by atoms with Gasteiger partial charge in [-0.2, -0.15) is 0 Å². The maximum Gasteiger partial charge on any atom is 0.307 e. The van der Waals surface area contributed by atoms with E-state index in [-0.39, 0.29) is 12.5 Å². The standard InChI is InChI=1S/C17H19NO3/c1-12(18)13-6-8-16(9-7-13)21-11-15-5-3-2-4-14(15)10-17(19)20/h2-9,12H,10-11,18H2,1H3,(H,19,20). The zero-order valence-electron chi connectivity index (χ0n) is 12.0. The van der Waals surface area contributed by atoms with E-state index in [2.05, 4.69) is 0 Å². The summed E-state index contributed by atoms with van der Waals surface area (Å²) >= 11 is 0. The van der Waals surface area contributed by atoms with Crippen molar-refractivity contribution in [1.82, 2.24) is 0 Å². The molecule has 3 N–H and O–H groups in total. The zero-order valence-corrected chi connectivity index (χ0v) is 12.0. The fourth-order valence-electron chi connectivity index (χ4n) is 2.06. The predicted octanol–water partition coefficient (Wildman–Crippen LogP) is 2.91. The average Bonchev–Trinajstić information content (AvgIpc) is 2.46. The minimum Gasteiger partial charge on any atom is -0.489 e. The lowest BCUT2D eigenvalue weighted by Gasteiger charge is -2.11. The van der Waals surface area contributed by atoms with Crippen LogP contribution in [-0.2, 0) is 17.8 Å². The molecule has 4 nitrogen and oxygen atoms in total. The second-order valence-corrected chi connectivity index (χ2v) is 4.99. The van der Waals surface area contributed by atoms with Gasteiger partial charge in [0.1, 0.15) is 12.4 Å². The Morgan fingerprint density at radius 1 is 1.14 bits per heavy atom. The first-order chi connectivity index (χ1) is 10.1. The smallest absolute Gasteiger partial charge is 0.307 e. The first kappa shape index (κ1) is 15.1. The Balaban J connectivity index is 2.04. The first-order valence-electron chi connectivity index (χ1n) is 6.83. The molecule has 0 saturated carbocycles. The van der Waals surface area contributed by atoms with Gasteiger partial charge < -0.3 is 15.6 Å². The molecule has 0 heterocycles. The molecular formula is C17H19NO3. The topological polar surface area (TPSA) is 72.5 Å². The first-order valence-corrected chi connectivity index (χ1v) is 6.83. The highest BCUT2D eigenvalue weighted by Crippen LogP contribution is 2.18. The van der Waals surface area contributed by atoms with Gasteiger partial charge in [-0.05, 0) is 35.7 Å². The van der Waals surface area contributed by atoms with Gasteiger partial charge in [0.15, 0.2) is 0 Å². The molecule has 0 fully saturated rings. The molecule has 1 unspecified atom stereocenters. The van der Waals surface area contributed by atoms with E-state index >= 15 is 0 Å². The summed E-state index contributed by atoms with van der Waals surface area (Å²) in [6.45, 7) is 2.28. The fraction of sp³-hybridized carbons (Fsp3) is 0.235. The lowest BCUT2D eigenvalue weighted by Crippen LogP contribution is -2.06. The van der Waals surface area contributed by atoms with Crippen molar-refractivity contribution < 1.29 is 14.6 Å². The van der Waals surface area contributed by atoms with Gasteiger partial charge in [-0.15, -0.1) is 0 Å². The highest BCUT2D eigenvalue weighted by molar-refractivity contribution is 5.70. The third-order valence-electron chi connectivity index (χ3n) is 3.26. The van der Waals surface area contributed by atoms with Gasteiger partial charge in [0.2, 0.25) is 0 Å². The number of ether oxygens (including phenoxy) is 1. The van der Waals surface area contributed by atoms with Crippen LogP contribution in [0.3, 0.4) is 0 Å². The van der Waals surface area contributed by atoms with Crippen LogP contribution in [0.15, 0.2) is 48.5 Å². The molecule has 2 rings (SSSR count). The molecule has 4 heteroatoms. The van der Waals surface area contributed by atoms with E-state index in [9.17, 15) is 4.79 Å². The number of carboxylic acids is 1. The van der Waals surface area contributed by atoms with Gasteiger partial charge in [-0.3, -0.25) is 4.79 Å². The Kier molecular flexibility index (Phi) is 4.95. The van der Waals surface area contributed by atoms with E-state index in [4.69, 9.17) is 15.6 Å². The predicted molar refractivity (Wildman–Crippen MR) is 81.2 cm³/mol. The van der Waals surface area contributed by atoms with Gasteiger partial charge >= 0.3 is 5.97 Å². The molecule has 0 radical (unpaired) electrons. The Morgan fingerprint density at radius 3 is 2.33 bits per heavy atom. The third-order valence-corrected chi connectivity index (χ3v) is 3.26. The van der Waals surface area contributed by atoms with Crippen molar-refractivity contribution >= 4 is 5.97 Å². The van der Waals surface area contributed by atoms with Crippen LogP contribution in [-0.4, -0.2) is 11.1 Å². The highest BCUT2D eigenvalue weighted by Gasteiger charge is 2.07. The molecule has 0 amide bonds. The van der Waals surface area contributed by atoms with Crippen LogP contribution in [0.5, 0.6) is 5.75 Å². The van der Waals surface area contributed by atoms with Crippen molar-refractivity contribution in [2.75, 3.05) is 0 Å². The van der Waals surface area contributed by atoms with Crippen molar-refractivity contribution in [3.63, 3.8) is 0 Å². The molecule has 21 heavy (non-hydrogen) atoms. The SMILES string of the molecule is CC(N)c1ccc(OCc2ccccc2CC(=O)O)cc1. The van der Waals surface area contributed by atoms with E-state index in [1.165, 1.54) is 0 Å². The van der Waals surface area contributed by atoms with Crippen LogP contribution < -0.4 is 10.5 Å². The zero-order chi connectivity index (χ0) is 15.2. The maximum atomic E-state index is 10.8. The summed E-state index contributed by atoms with van der Waals surface area (Å²) in [5, 5.41) is 8.91. The van der Waals surface area contributed by atoms with Crippen molar-refractivity contribution in [2.24, 2.45) is 5.73 Å². The van der Waals surface area contributed by atoms with Gasteiger partial charge in [-0.1, -0.05) is 36.4 Å². The number of rotatable bonds is 6. The molecule has 2 aromatic rings. The number of carboxylic acid groups (broad SMARTS) is 1. The molecule has 0 aromatic heterocycles. The molecule has 0 aliphatic carbocycles. The Labute approximate surface area is 124 Å². The maximum absolute atomic E-state index is 10.8. The Morgan fingerprint density at radius 2 is 1.76 bits per heavy atom. The van der Waals surface area contributed by atoms with Gasteiger partial charge in [0.25, 0.3) is 0 Å². The molecule has 0 aliphatic rings. The van der Waals surface area contributed by atoms with Crippen LogP contribution in [0.2, 0.25) is 0 Å². The monoisotopic (exact) mass is 285 g/mol. The number of hydrogen-bond donors (Lipinski definition) is 2. The molecule has 2 aromatic carbocycles. The highest BCUT2D eigenvalue weighted by atomic mass is 16.5. The average molecular weight is 285 g/mol. The van der Waals surface area contributed by atoms with Crippen molar-refractivity contribution in [1.29, 1.82) is 0 Å². The Bertz CT molecular complexity index is 606. The molecule has 1 atom stereocenters. The van der Waals surface area contributed by atoms with Crippen molar-refractivity contribution in [2.45, 2.75) is 26.0 Å². The molecule has 0 aliphatic heterocycles. The van der Waals surface area contributed by atoms with Crippen LogP contribution in [0.25, 0.3) is 0 Å². The number of benzene rings is 2. The normalized spacial score (nSPS) is 11.9. The summed E-state index contributed by atoms with van der Waals surface area (Å²) in [6.07, 6.45) is 0.00313. The minimum atomic E-state index is -0.844. The van der Waals surface area contributed by atoms with E-state index in [0.29, 0.717) is 6.61 Å². The van der Waals surface area contributed by atoms with E-state index in [1.807, 2.05) is 55.5 Å². The fourth-order valence-corrected chi connectivity index (χ4v) is 2.06. The van der Waals surface area contributed by atoms with E-state index < -0.39 is 5.97 Å². The summed E-state index contributed by atoms with van der Waals surface area (Å²) in [5.74, 6) is -0.103. The number of hydrogen-bond acceptors (Lipinski definition) is 3. The molecule has 110 valence electrons. The van der Waals surface area contributed by atoms with Crippen LogP contribution >= 0.6 is 0 Å². The van der Waals surface area contributed by atoms with Gasteiger partial charge in [-0.25, -0.2) is 0 Å². The van der Waals surface area contributed by atoms with E-state index in [1.54, 1.807) is 0 Å². The van der Waals surface area contributed by atoms with Gasteiger partial charge in [0.05, 0.1) is 6.42 Å². The quantitative estimate of drug-likeness (QED) is 0.856. The van der Waals surface area contributed by atoms with Crippen LogP contribution in [0.4, 0.5) is 0 Å². The lowest BCUT2D eigenvalue weighted by molar-refractivity contribution is -0.136. The summed E-state index contributed by atoms with van der Waals surface area (Å²) in [7, 11) is 0. The molecule has 0 spiro atoms. The number of nitrogens with two attached hydrogens (primary N) is 1. The lowest BCUT2D eigenvalue weighted by atomic mass is 10.1. The van der Waals surface area contributed by atoms with Gasteiger partial charge in [0, 0.05) is 6.04 Å². The largest absolute Gasteiger partial charge is 0.489 e. The second-order valence-electron chi connectivity index (χ2n) is 4.99. The summed E-state index contributed by atoms with van der Waals surface area (Å²) in [4.78, 5) is 10.8. The number of carbonyl (C=O) groups is 1. The van der Waals surface area contributed by atoms with E-state index in [0.717, 1.165) is 22.4 Å². The number of aliphatic carboxylic acids is 1. The molecular weight excluding hydrogens is 266 g/mol. The summed E-state index contributed by atoms with van der Waals surface area (Å²) < 4.78 is 5.72. The van der Waals surface area contributed by atoms with Crippen LogP contribution in [0, 0.1) is 0 Å².